The summed E-state index contributed by atoms with van der Waals surface area (Å²) in [4.78, 5) is 8.24. The molecular formula is C13H14BrN5. The van der Waals surface area contributed by atoms with E-state index < -0.39 is 0 Å². The van der Waals surface area contributed by atoms with Crippen molar-refractivity contribution in [3.63, 3.8) is 0 Å². The van der Waals surface area contributed by atoms with Crippen LogP contribution in [0.2, 0.25) is 0 Å². The zero-order valence-corrected chi connectivity index (χ0v) is 11.8. The number of nitrogen functional groups attached to an aromatic ring is 1. The number of halogens is 1. The van der Waals surface area contributed by atoms with Gasteiger partial charge in [-0.05, 0) is 28.1 Å². The van der Waals surface area contributed by atoms with Gasteiger partial charge in [-0.1, -0.05) is 18.2 Å². The number of nitrogens with zero attached hydrogens (tertiary/aromatic N) is 2. The van der Waals surface area contributed by atoms with Crippen LogP contribution in [0.5, 0.6) is 0 Å². The van der Waals surface area contributed by atoms with Crippen molar-refractivity contribution in [3.05, 3.63) is 47.7 Å². The fourth-order valence-electron chi connectivity index (χ4n) is 1.50. The molecule has 19 heavy (non-hydrogen) atoms. The Labute approximate surface area is 120 Å². The molecule has 0 aliphatic rings. The fraction of sp³-hybridized carbons (Fsp3) is 0.0769. The Bertz CT molecular complexity index is 585. The average Bonchev–Trinajstić information content (AvgIpc) is 2.42. The third-order valence-electron chi connectivity index (χ3n) is 2.42. The molecular weight excluding hydrogens is 306 g/mol. The van der Waals surface area contributed by atoms with Crippen LogP contribution in [0.25, 0.3) is 0 Å². The Balaban J connectivity index is 2.26. The van der Waals surface area contributed by atoms with Crippen LogP contribution in [0, 0.1) is 0 Å². The number of nitrogens with one attached hydrogen (secondary N) is 2. The van der Waals surface area contributed by atoms with Crippen LogP contribution in [0.1, 0.15) is 0 Å². The van der Waals surface area contributed by atoms with Crippen LogP contribution in [-0.2, 0) is 0 Å². The quantitative estimate of drug-likeness (QED) is 0.738. The first-order valence-electron chi connectivity index (χ1n) is 5.69. The predicted octanol–water partition coefficient (Wildman–Crippen LogP) is 3.16. The number of benzene rings is 1. The summed E-state index contributed by atoms with van der Waals surface area (Å²) < 4.78 is 0.939. The number of nitrogens with two attached hydrogens (primary N) is 1. The molecule has 0 atom stereocenters. The highest BCUT2D eigenvalue weighted by Gasteiger charge is 2.08. The van der Waals surface area contributed by atoms with Crippen molar-refractivity contribution in [2.75, 3.05) is 22.9 Å². The predicted molar refractivity (Wildman–Crippen MR) is 82.6 cm³/mol. The number of hydrogen-bond acceptors (Lipinski definition) is 5. The molecule has 0 spiro atoms. The van der Waals surface area contributed by atoms with Gasteiger partial charge in [0.15, 0.2) is 11.6 Å². The van der Waals surface area contributed by atoms with E-state index in [9.17, 15) is 0 Å². The standard InChI is InChI=1S/C13H14BrN5/c1-2-7-16-12-11(15)13(18-8-17-12)19-10-6-4-3-5-9(10)14/h2-6,8H,1,7,15H2,(H2,16,17,18,19). The molecule has 0 amide bonds. The van der Waals surface area contributed by atoms with E-state index in [1.54, 1.807) is 6.08 Å². The summed E-state index contributed by atoms with van der Waals surface area (Å²) in [6, 6.07) is 7.75. The van der Waals surface area contributed by atoms with Crippen molar-refractivity contribution in [2.45, 2.75) is 0 Å². The van der Waals surface area contributed by atoms with Crippen molar-refractivity contribution in [1.82, 2.24) is 9.97 Å². The molecule has 0 saturated carbocycles. The summed E-state index contributed by atoms with van der Waals surface area (Å²) in [5.41, 5.74) is 7.39. The molecule has 0 saturated heterocycles. The first-order chi connectivity index (χ1) is 9.22. The van der Waals surface area contributed by atoms with Crippen molar-refractivity contribution >= 4 is 38.9 Å². The Morgan fingerprint density at radius 2 is 2.00 bits per heavy atom. The molecule has 0 aliphatic heterocycles. The van der Waals surface area contributed by atoms with E-state index in [1.807, 2.05) is 24.3 Å². The van der Waals surface area contributed by atoms with Gasteiger partial charge in [-0.15, -0.1) is 6.58 Å². The van der Waals surface area contributed by atoms with Crippen LogP contribution >= 0.6 is 15.9 Å². The van der Waals surface area contributed by atoms with Crippen molar-refractivity contribution in [2.24, 2.45) is 0 Å². The van der Waals surface area contributed by atoms with Crippen molar-refractivity contribution < 1.29 is 0 Å². The molecule has 1 aromatic carbocycles. The second kappa shape index (κ2) is 6.19. The van der Waals surface area contributed by atoms with Gasteiger partial charge in [0.05, 0.1) is 5.69 Å². The minimum absolute atomic E-state index is 0.472. The first kappa shape index (κ1) is 13.4. The molecule has 0 bridgehead atoms. The minimum atomic E-state index is 0.472. The zero-order valence-electron chi connectivity index (χ0n) is 10.2. The average molecular weight is 320 g/mol. The van der Waals surface area contributed by atoms with Gasteiger partial charge >= 0.3 is 0 Å². The molecule has 6 heteroatoms. The summed E-state index contributed by atoms with van der Waals surface area (Å²) >= 11 is 3.46. The second-order valence-electron chi connectivity index (χ2n) is 3.76. The molecule has 2 rings (SSSR count). The summed E-state index contributed by atoms with van der Waals surface area (Å²) in [7, 11) is 0. The van der Waals surface area contributed by atoms with Gasteiger partial charge in [0.2, 0.25) is 0 Å². The van der Waals surface area contributed by atoms with Crippen molar-refractivity contribution in [1.29, 1.82) is 0 Å². The third kappa shape index (κ3) is 3.23. The molecule has 2 aromatic rings. The number of para-hydroxylation sites is 1. The van der Waals surface area contributed by atoms with Crippen LogP contribution in [0.3, 0.4) is 0 Å². The lowest BCUT2D eigenvalue weighted by molar-refractivity contribution is 1.14. The summed E-state index contributed by atoms with van der Waals surface area (Å²) in [6.45, 7) is 4.23. The molecule has 4 N–H and O–H groups in total. The van der Waals surface area contributed by atoms with E-state index in [1.165, 1.54) is 6.33 Å². The lowest BCUT2D eigenvalue weighted by Crippen LogP contribution is -2.08. The Morgan fingerprint density at radius 3 is 2.74 bits per heavy atom. The van der Waals surface area contributed by atoms with Crippen LogP contribution < -0.4 is 16.4 Å². The molecule has 1 heterocycles. The topological polar surface area (TPSA) is 75.9 Å². The van der Waals surface area contributed by atoms with Gasteiger partial charge in [-0.2, -0.15) is 0 Å². The molecule has 1 aromatic heterocycles. The number of hydrogen-bond donors (Lipinski definition) is 3. The Kier molecular flexibility index (Phi) is 4.35. The Hall–Kier alpha value is -2.08. The maximum Gasteiger partial charge on any atom is 0.159 e. The molecule has 98 valence electrons. The van der Waals surface area contributed by atoms with E-state index in [0.29, 0.717) is 23.9 Å². The molecule has 0 radical (unpaired) electrons. The monoisotopic (exact) mass is 319 g/mol. The highest BCUT2D eigenvalue weighted by Crippen LogP contribution is 2.29. The molecule has 0 unspecified atom stereocenters. The molecule has 0 fully saturated rings. The lowest BCUT2D eigenvalue weighted by Gasteiger charge is -2.12. The number of aromatic nitrogens is 2. The largest absolute Gasteiger partial charge is 0.393 e. The van der Waals surface area contributed by atoms with Crippen LogP contribution in [-0.4, -0.2) is 16.5 Å². The summed E-state index contributed by atoms with van der Waals surface area (Å²) in [5.74, 6) is 1.15. The Morgan fingerprint density at radius 1 is 1.26 bits per heavy atom. The normalized spacial score (nSPS) is 9.95. The number of rotatable bonds is 5. The maximum absolute atomic E-state index is 6.02. The van der Waals surface area contributed by atoms with Gasteiger partial charge in [-0.3, -0.25) is 0 Å². The second-order valence-corrected chi connectivity index (χ2v) is 4.61. The highest BCUT2D eigenvalue weighted by molar-refractivity contribution is 9.10. The van der Waals surface area contributed by atoms with E-state index in [4.69, 9.17) is 5.73 Å². The fourth-order valence-corrected chi connectivity index (χ4v) is 1.88. The van der Waals surface area contributed by atoms with Gasteiger partial charge in [0, 0.05) is 11.0 Å². The van der Waals surface area contributed by atoms with Gasteiger partial charge in [0.25, 0.3) is 0 Å². The van der Waals surface area contributed by atoms with E-state index >= 15 is 0 Å². The van der Waals surface area contributed by atoms with Gasteiger partial charge in [-0.25, -0.2) is 9.97 Å². The van der Waals surface area contributed by atoms with E-state index in [2.05, 4.69) is 43.1 Å². The lowest BCUT2D eigenvalue weighted by atomic mass is 10.3. The summed E-state index contributed by atoms with van der Waals surface area (Å²) in [5, 5.41) is 6.23. The van der Waals surface area contributed by atoms with Gasteiger partial charge < -0.3 is 16.4 Å². The van der Waals surface area contributed by atoms with Crippen LogP contribution in [0.4, 0.5) is 23.0 Å². The SMILES string of the molecule is C=CCNc1ncnc(Nc2ccccc2Br)c1N. The minimum Gasteiger partial charge on any atom is -0.393 e. The number of anilines is 4. The molecule has 5 nitrogen and oxygen atoms in total. The summed E-state index contributed by atoms with van der Waals surface area (Å²) in [6.07, 6.45) is 3.20. The third-order valence-corrected chi connectivity index (χ3v) is 3.12. The van der Waals surface area contributed by atoms with E-state index in [-0.39, 0.29) is 0 Å². The molecule has 0 aliphatic carbocycles. The van der Waals surface area contributed by atoms with Crippen LogP contribution in [0.15, 0.2) is 47.7 Å². The van der Waals surface area contributed by atoms with E-state index in [0.717, 1.165) is 10.2 Å². The van der Waals surface area contributed by atoms with Crippen molar-refractivity contribution in [3.8, 4) is 0 Å². The maximum atomic E-state index is 6.02. The zero-order chi connectivity index (χ0) is 13.7. The highest BCUT2D eigenvalue weighted by atomic mass is 79.9. The smallest absolute Gasteiger partial charge is 0.159 e. The first-order valence-corrected chi connectivity index (χ1v) is 6.48. The van der Waals surface area contributed by atoms with Gasteiger partial charge in [0.1, 0.15) is 12.0 Å².